The van der Waals surface area contributed by atoms with Gasteiger partial charge in [0.1, 0.15) is 0 Å². The van der Waals surface area contributed by atoms with Crippen molar-refractivity contribution >= 4 is 37.6 Å². The van der Waals surface area contributed by atoms with Gasteiger partial charge in [-0.05, 0) is 44.5 Å². The highest BCUT2D eigenvalue weighted by atomic mass is 32.2. The van der Waals surface area contributed by atoms with Crippen LogP contribution in [0.4, 0.5) is 0 Å². The molecule has 0 aliphatic rings. The SMILES string of the molecule is C=C(CS(=O)(=O)c1ccc(C)cc1)C(=O)c1ccc(C(=O)N(CCOCCOCCOCCOCCOCCOCCOCCOCCOCCOCCOC)CCC(=O)N(CC)CCCS(=O)(=O)O)cc1. The molecule has 2 rings (SSSR count). The number of hydrogen-bond donors (Lipinski definition) is 1. The zero-order valence-corrected chi connectivity index (χ0v) is 44.0. The number of benzene rings is 2. The van der Waals surface area contributed by atoms with E-state index < -0.39 is 43.2 Å². The third-order valence-corrected chi connectivity index (χ3v) is 12.7. The number of ether oxygens (including phenoxy) is 11. The van der Waals surface area contributed by atoms with Gasteiger partial charge in [-0.3, -0.25) is 18.9 Å². The fraction of sp³-hybridized carbons (Fsp3) is 0.653. The predicted octanol–water partition coefficient (Wildman–Crippen LogP) is 2.98. The van der Waals surface area contributed by atoms with E-state index in [0.717, 1.165) is 5.56 Å². The minimum absolute atomic E-state index is 0.00449. The molecule has 0 spiro atoms. The fourth-order valence-corrected chi connectivity index (χ4v) is 8.07. The molecule has 0 saturated carbocycles. The molecule has 0 aromatic heterocycles. The summed E-state index contributed by atoms with van der Waals surface area (Å²) >= 11 is 0. The van der Waals surface area contributed by atoms with Crippen molar-refractivity contribution in [3.05, 3.63) is 77.4 Å². The molecule has 0 aliphatic carbocycles. The second-order valence-corrected chi connectivity index (χ2v) is 19.4. The summed E-state index contributed by atoms with van der Waals surface area (Å²) in [5, 5.41) is 0. The summed E-state index contributed by atoms with van der Waals surface area (Å²) in [4.78, 5) is 43.0. The van der Waals surface area contributed by atoms with Crippen LogP contribution < -0.4 is 0 Å². The van der Waals surface area contributed by atoms with E-state index in [4.69, 9.17) is 56.7 Å². The van der Waals surface area contributed by atoms with Gasteiger partial charge >= 0.3 is 0 Å². The van der Waals surface area contributed by atoms with Crippen molar-refractivity contribution < 1.29 is 87.9 Å². The van der Waals surface area contributed by atoms with Crippen LogP contribution in [0.25, 0.3) is 0 Å². The number of methoxy groups -OCH3 is 1. The van der Waals surface area contributed by atoms with E-state index in [2.05, 4.69) is 6.58 Å². The molecule has 410 valence electrons. The summed E-state index contributed by atoms with van der Waals surface area (Å²) in [6.45, 7) is 16.6. The Morgan fingerprint density at radius 3 is 1.31 bits per heavy atom. The van der Waals surface area contributed by atoms with Crippen LogP contribution in [-0.2, 0) is 76.9 Å². The number of amides is 2. The Hall–Kier alpha value is -3.79. The minimum atomic E-state index is -4.18. The first kappa shape index (κ1) is 64.3. The topological polar surface area (TPSA) is 248 Å². The van der Waals surface area contributed by atoms with Crippen LogP contribution in [0.1, 0.15) is 46.0 Å². The van der Waals surface area contributed by atoms with Crippen LogP contribution in [0.15, 0.2) is 65.6 Å². The van der Waals surface area contributed by atoms with Crippen molar-refractivity contribution in [3.8, 4) is 0 Å². The molecule has 0 atom stereocenters. The standard InChI is InChI=1S/C49H78N2O19S2/c1-5-50(16-6-40-72(57,58)59)47(52)15-17-51(49(54)45-11-9-44(10-12-45)48(53)43(3)41-71(55,56)46-13-7-42(2)8-14-46)18-19-61-22-23-63-26-27-65-30-31-67-34-35-69-38-39-70-37-36-68-33-32-66-29-28-64-25-24-62-21-20-60-4/h7-14H,3,5-6,15-41H2,1-2,4H3,(H,57,58,59). The molecule has 72 heavy (non-hydrogen) atoms. The number of sulfone groups is 1. The minimum Gasteiger partial charge on any atom is -0.382 e. The van der Waals surface area contributed by atoms with Gasteiger partial charge in [0.2, 0.25) is 5.91 Å². The molecule has 0 bridgehead atoms. The Labute approximate surface area is 426 Å². The average Bonchev–Trinajstić information content (AvgIpc) is 3.35. The normalized spacial score (nSPS) is 11.8. The highest BCUT2D eigenvalue weighted by molar-refractivity contribution is 7.91. The lowest BCUT2D eigenvalue weighted by Crippen LogP contribution is -2.39. The van der Waals surface area contributed by atoms with Crippen molar-refractivity contribution in [2.45, 2.75) is 31.6 Å². The zero-order chi connectivity index (χ0) is 52.7. The van der Waals surface area contributed by atoms with Gasteiger partial charge in [0.05, 0.1) is 155 Å². The van der Waals surface area contributed by atoms with Crippen molar-refractivity contribution in [1.82, 2.24) is 9.80 Å². The molecule has 2 amide bonds. The Bertz CT molecular complexity index is 2010. The summed E-state index contributed by atoms with van der Waals surface area (Å²) in [7, 11) is -6.38. The molecule has 0 saturated heterocycles. The Morgan fingerprint density at radius 2 is 0.917 bits per heavy atom. The molecule has 21 nitrogen and oxygen atoms in total. The summed E-state index contributed by atoms with van der Waals surface area (Å²) in [6.07, 6.45) is -0.0274. The van der Waals surface area contributed by atoms with E-state index in [-0.39, 0.29) is 79.8 Å². The molecule has 0 fully saturated rings. The molecule has 0 heterocycles. The van der Waals surface area contributed by atoms with Gasteiger partial charge < -0.3 is 61.9 Å². The molecule has 0 unspecified atom stereocenters. The first-order valence-corrected chi connectivity index (χ1v) is 27.3. The number of ketones is 1. The van der Waals surface area contributed by atoms with E-state index >= 15 is 0 Å². The first-order valence-electron chi connectivity index (χ1n) is 24.1. The smallest absolute Gasteiger partial charge is 0.264 e. The van der Waals surface area contributed by atoms with Crippen molar-refractivity contribution in [2.75, 3.05) is 184 Å². The average molecular weight is 1060 g/mol. The monoisotopic (exact) mass is 1060 g/mol. The van der Waals surface area contributed by atoms with Gasteiger partial charge in [-0.25, -0.2) is 8.42 Å². The van der Waals surface area contributed by atoms with E-state index in [1.54, 1.807) is 26.2 Å². The molecule has 2 aromatic carbocycles. The number of carbonyl (C=O) groups is 3. The van der Waals surface area contributed by atoms with Gasteiger partial charge in [-0.2, -0.15) is 8.42 Å². The van der Waals surface area contributed by atoms with Gasteiger partial charge in [0.25, 0.3) is 16.0 Å². The number of aryl methyl sites for hydroxylation is 1. The second-order valence-electron chi connectivity index (χ2n) is 15.9. The molecule has 2 aromatic rings. The highest BCUT2D eigenvalue weighted by Crippen LogP contribution is 2.18. The van der Waals surface area contributed by atoms with E-state index in [9.17, 15) is 31.2 Å². The van der Waals surface area contributed by atoms with Gasteiger partial charge in [-0.1, -0.05) is 36.4 Å². The molecule has 23 heteroatoms. The van der Waals surface area contributed by atoms with E-state index in [1.807, 2.05) is 6.92 Å². The zero-order valence-electron chi connectivity index (χ0n) is 42.3. The Morgan fingerprint density at radius 1 is 0.528 bits per heavy atom. The lowest BCUT2D eigenvalue weighted by Gasteiger charge is -2.25. The van der Waals surface area contributed by atoms with Gasteiger partial charge in [0, 0.05) is 56.4 Å². The number of rotatable bonds is 47. The first-order chi connectivity index (χ1) is 34.7. The summed E-state index contributed by atoms with van der Waals surface area (Å²) in [5.41, 5.74) is 1.12. The third kappa shape index (κ3) is 31.1. The maximum absolute atomic E-state index is 13.8. The summed E-state index contributed by atoms with van der Waals surface area (Å²) in [6, 6.07) is 12.0. The number of hydrogen-bond acceptors (Lipinski definition) is 18. The van der Waals surface area contributed by atoms with Crippen LogP contribution in [0.2, 0.25) is 0 Å². The molecular weight excluding hydrogens is 985 g/mol. The third-order valence-electron chi connectivity index (χ3n) is 10.2. The van der Waals surface area contributed by atoms with Gasteiger partial charge in [-0.15, -0.1) is 0 Å². The number of Topliss-reactive ketones (excluding diaryl/α,β-unsaturated/α-hetero) is 1. The number of nitrogens with zero attached hydrogens (tertiary/aromatic N) is 2. The summed E-state index contributed by atoms with van der Waals surface area (Å²) < 4.78 is 117. The quantitative estimate of drug-likeness (QED) is 0.0433. The predicted molar refractivity (Wildman–Crippen MR) is 267 cm³/mol. The molecule has 0 radical (unpaired) electrons. The van der Waals surface area contributed by atoms with Crippen LogP contribution in [0, 0.1) is 6.92 Å². The van der Waals surface area contributed by atoms with Crippen molar-refractivity contribution in [3.63, 3.8) is 0 Å². The molecule has 0 aliphatic heterocycles. The Balaban J connectivity index is 1.62. The van der Waals surface area contributed by atoms with Gasteiger partial charge in [0.15, 0.2) is 15.6 Å². The number of carbonyl (C=O) groups excluding carboxylic acids is 3. The Kier molecular flexibility index (Phi) is 35.4. The maximum atomic E-state index is 13.8. The second kappa shape index (κ2) is 39.6. The maximum Gasteiger partial charge on any atom is 0.264 e. The summed E-state index contributed by atoms with van der Waals surface area (Å²) in [5.74, 6) is -2.40. The van der Waals surface area contributed by atoms with Crippen LogP contribution >= 0.6 is 0 Å². The van der Waals surface area contributed by atoms with Crippen LogP contribution in [-0.4, -0.2) is 232 Å². The van der Waals surface area contributed by atoms with E-state index in [0.29, 0.717) is 125 Å². The lowest BCUT2D eigenvalue weighted by molar-refractivity contribution is -0.131. The van der Waals surface area contributed by atoms with Crippen LogP contribution in [0.5, 0.6) is 0 Å². The van der Waals surface area contributed by atoms with E-state index in [1.165, 1.54) is 46.2 Å². The van der Waals surface area contributed by atoms with Crippen molar-refractivity contribution in [1.29, 1.82) is 0 Å². The lowest BCUT2D eigenvalue weighted by atomic mass is 10.0. The molecule has 1 N–H and O–H groups in total. The fourth-order valence-electron chi connectivity index (χ4n) is 6.27. The molecular formula is C49H78N2O19S2. The largest absolute Gasteiger partial charge is 0.382 e. The highest BCUT2D eigenvalue weighted by Gasteiger charge is 2.23. The van der Waals surface area contributed by atoms with Crippen molar-refractivity contribution in [2.24, 2.45) is 0 Å². The van der Waals surface area contributed by atoms with Crippen LogP contribution in [0.3, 0.4) is 0 Å².